The average molecular weight is 258 g/mol. The number of nitrogens with zero attached hydrogens (tertiary/aromatic N) is 1. The van der Waals surface area contributed by atoms with Crippen molar-refractivity contribution in [2.75, 3.05) is 0 Å². The van der Waals surface area contributed by atoms with Crippen LogP contribution in [0.15, 0.2) is 36.4 Å². The summed E-state index contributed by atoms with van der Waals surface area (Å²) >= 11 is 3.13. The molecule has 0 aliphatic heterocycles. The van der Waals surface area contributed by atoms with Gasteiger partial charge in [-0.3, -0.25) is 0 Å². The molecule has 0 bridgehead atoms. The van der Waals surface area contributed by atoms with Crippen LogP contribution in [0.3, 0.4) is 0 Å². The molecule has 0 saturated carbocycles. The van der Waals surface area contributed by atoms with Gasteiger partial charge in [0.2, 0.25) is 0 Å². The third-order valence-electron chi connectivity index (χ3n) is 2.63. The van der Waals surface area contributed by atoms with Gasteiger partial charge in [-0.15, -0.1) is 0 Å². The topological polar surface area (TPSA) is 12.9 Å². The molecular weight excluding hydrogens is 249 g/mol. The van der Waals surface area contributed by atoms with Crippen LogP contribution in [0.25, 0.3) is 17.0 Å². The Balaban J connectivity index is 2.38. The molecular formula is C13H9NSe. The molecule has 1 aromatic carbocycles. The van der Waals surface area contributed by atoms with Gasteiger partial charge in [0, 0.05) is 0 Å². The monoisotopic (exact) mass is 259 g/mol. The molecule has 1 heterocycles. The minimum atomic E-state index is 0.993. The van der Waals surface area contributed by atoms with Gasteiger partial charge in [-0.05, 0) is 0 Å². The molecule has 1 aromatic heterocycles. The Morgan fingerprint density at radius 3 is 3.00 bits per heavy atom. The first-order valence-electron chi connectivity index (χ1n) is 4.94. The molecule has 2 aromatic rings. The number of allylic oxidation sites excluding steroid dienone is 1. The molecule has 0 fully saturated rings. The van der Waals surface area contributed by atoms with E-state index in [0.717, 1.165) is 17.6 Å². The van der Waals surface area contributed by atoms with E-state index in [2.05, 4.69) is 50.9 Å². The summed E-state index contributed by atoms with van der Waals surface area (Å²) in [7, 11) is 0. The van der Waals surface area contributed by atoms with Crippen LogP contribution in [-0.2, 0) is 0 Å². The number of hydrogen-bond acceptors (Lipinski definition) is 1. The van der Waals surface area contributed by atoms with E-state index in [4.69, 9.17) is 0 Å². The molecule has 0 atom stereocenters. The molecule has 1 nitrogen and oxygen atoms in total. The first-order valence-corrected chi connectivity index (χ1v) is 5.80. The van der Waals surface area contributed by atoms with E-state index in [1.165, 1.54) is 15.4 Å². The van der Waals surface area contributed by atoms with E-state index in [-0.39, 0.29) is 0 Å². The molecule has 0 saturated heterocycles. The van der Waals surface area contributed by atoms with Crippen LogP contribution in [0, 0.1) is 0 Å². The number of rotatable bonds is 0. The second kappa shape index (κ2) is 3.41. The Hall–Kier alpha value is -1.24. The van der Waals surface area contributed by atoms with Gasteiger partial charge in [-0.25, -0.2) is 0 Å². The second-order valence-electron chi connectivity index (χ2n) is 3.64. The average Bonchev–Trinajstić information content (AvgIpc) is 2.27. The molecule has 0 spiro atoms. The fraction of sp³-hybridized carbons (Fsp3) is 0.0769. The SMILES string of the molecule is [Se]=C1CC=Cc2nc3ccccc3cc21. The van der Waals surface area contributed by atoms with Gasteiger partial charge >= 0.3 is 96.0 Å². The fourth-order valence-electron chi connectivity index (χ4n) is 1.87. The maximum atomic E-state index is 4.64. The Labute approximate surface area is 96.2 Å². The number of fused-ring (bicyclic) bond motifs is 2. The maximum absolute atomic E-state index is 4.64. The summed E-state index contributed by atoms with van der Waals surface area (Å²) in [6.45, 7) is 0. The van der Waals surface area contributed by atoms with Crippen molar-refractivity contribution in [1.29, 1.82) is 0 Å². The normalized spacial score (nSPS) is 14.3. The number of pyridine rings is 1. The van der Waals surface area contributed by atoms with Crippen molar-refractivity contribution in [2.45, 2.75) is 6.42 Å². The van der Waals surface area contributed by atoms with Crippen molar-refractivity contribution in [3.63, 3.8) is 0 Å². The van der Waals surface area contributed by atoms with E-state index in [9.17, 15) is 0 Å². The molecule has 1 aliphatic carbocycles. The van der Waals surface area contributed by atoms with Gasteiger partial charge in [0.15, 0.2) is 0 Å². The Morgan fingerprint density at radius 2 is 2.07 bits per heavy atom. The Bertz CT molecular complexity index is 584. The first kappa shape index (κ1) is 9.02. The van der Waals surface area contributed by atoms with E-state index < -0.39 is 0 Å². The predicted octanol–water partition coefficient (Wildman–Crippen LogP) is 2.34. The molecule has 15 heavy (non-hydrogen) atoms. The molecule has 0 N–H and O–H groups in total. The van der Waals surface area contributed by atoms with Gasteiger partial charge in [-0.1, -0.05) is 0 Å². The van der Waals surface area contributed by atoms with Gasteiger partial charge in [0.05, 0.1) is 0 Å². The standard InChI is InChI=1S/C13H9NSe/c15-13-7-3-6-12-10(13)8-9-4-1-2-5-11(9)14-12/h1-6,8H,7H2. The quantitative estimate of drug-likeness (QED) is 0.661. The molecule has 72 valence electrons. The minimum absolute atomic E-state index is 0.993. The van der Waals surface area contributed by atoms with Crippen LogP contribution >= 0.6 is 0 Å². The van der Waals surface area contributed by atoms with Crippen molar-refractivity contribution in [1.82, 2.24) is 4.98 Å². The summed E-state index contributed by atoms with van der Waals surface area (Å²) in [4.78, 5) is 4.64. The van der Waals surface area contributed by atoms with Gasteiger partial charge in [-0.2, -0.15) is 0 Å². The summed E-state index contributed by atoms with van der Waals surface area (Å²) < 4.78 is 1.28. The van der Waals surface area contributed by atoms with Gasteiger partial charge < -0.3 is 0 Å². The third-order valence-corrected chi connectivity index (χ3v) is 3.44. The Kier molecular flexibility index (Phi) is 2.05. The number of benzene rings is 1. The van der Waals surface area contributed by atoms with E-state index in [1.54, 1.807) is 0 Å². The molecule has 0 radical (unpaired) electrons. The predicted molar refractivity (Wildman–Crippen MR) is 65.3 cm³/mol. The van der Waals surface area contributed by atoms with Crippen LogP contribution in [0.4, 0.5) is 0 Å². The van der Waals surface area contributed by atoms with Crippen LogP contribution in [0.2, 0.25) is 0 Å². The van der Waals surface area contributed by atoms with Gasteiger partial charge in [0.1, 0.15) is 0 Å². The van der Waals surface area contributed by atoms with Crippen molar-refractivity contribution >= 4 is 37.0 Å². The summed E-state index contributed by atoms with van der Waals surface area (Å²) in [6.07, 6.45) is 5.24. The van der Waals surface area contributed by atoms with Crippen molar-refractivity contribution in [2.24, 2.45) is 0 Å². The number of hydrogen-bond donors (Lipinski definition) is 0. The number of para-hydroxylation sites is 1. The molecule has 0 amide bonds. The number of aromatic nitrogens is 1. The molecule has 2 heteroatoms. The molecule has 1 aliphatic rings. The van der Waals surface area contributed by atoms with Crippen molar-refractivity contribution in [3.8, 4) is 0 Å². The Morgan fingerprint density at radius 1 is 1.20 bits per heavy atom. The second-order valence-corrected chi connectivity index (χ2v) is 4.68. The van der Waals surface area contributed by atoms with Gasteiger partial charge in [0.25, 0.3) is 0 Å². The summed E-state index contributed by atoms with van der Waals surface area (Å²) in [6, 6.07) is 10.4. The van der Waals surface area contributed by atoms with Crippen LogP contribution in [0.5, 0.6) is 0 Å². The summed E-state index contributed by atoms with van der Waals surface area (Å²) in [5, 5.41) is 1.21. The van der Waals surface area contributed by atoms with Crippen LogP contribution in [-0.4, -0.2) is 25.0 Å². The first-order chi connectivity index (χ1) is 7.34. The van der Waals surface area contributed by atoms with E-state index in [0.29, 0.717) is 0 Å². The molecule has 0 unspecified atom stereocenters. The van der Waals surface area contributed by atoms with E-state index >= 15 is 0 Å². The van der Waals surface area contributed by atoms with Crippen molar-refractivity contribution in [3.05, 3.63) is 47.7 Å². The molecule has 3 rings (SSSR count). The van der Waals surface area contributed by atoms with E-state index in [1.807, 2.05) is 12.1 Å². The summed E-state index contributed by atoms with van der Waals surface area (Å²) in [5.41, 5.74) is 3.39. The zero-order chi connectivity index (χ0) is 10.3. The third kappa shape index (κ3) is 1.46. The summed E-state index contributed by atoms with van der Waals surface area (Å²) in [5.74, 6) is 0. The zero-order valence-electron chi connectivity index (χ0n) is 8.10. The van der Waals surface area contributed by atoms with Crippen molar-refractivity contribution < 1.29 is 0 Å². The van der Waals surface area contributed by atoms with Crippen LogP contribution < -0.4 is 0 Å². The van der Waals surface area contributed by atoms with Crippen LogP contribution in [0.1, 0.15) is 17.7 Å². The fourth-order valence-corrected chi connectivity index (χ4v) is 2.41. The zero-order valence-corrected chi connectivity index (χ0v) is 9.82.